The lowest BCUT2D eigenvalue weighted by molar-refractivity contribution is -0.119. The number of hydrogen-bond donors (Lipinski definition) is 2. The highest BCUT2D eigenvalue weighted by atomic mass is 32.1. The quantitative estimate of drug-likeness (QED) is 0.769. The third kappa shape index (κ3) is 5.47. The average molecular weight is 345 g/mol. The van der Waals surface area contributed by atoms with Crippen molar-refractivity contribution in [1.82, 2.24) is 10.2 Å². The molecule has 0 radical (unpaired) electrons. The minimum atomic E-state index is -0.0797. The molecule has 2 amide bonds. The van der Waals surface area contributed by atoms with Gasteiger partial charge in [-0.05, 0) is 24.1 Å². The maximum absolute atomic E-state index is 12.7. The Kier molecular flexibility index (Phi) is 6.96. The van der Waals surface area contributed by atoms with E-state index >= 15 is 0 Å². The van der Waals surface area contributed by atoms with Crippen LogP contribution in [0, 0.1) is 0 Å². The second-order valence-electron chi connectivity index (χ2n) is 5.49. The fourth-order valence-corrected chi connectivity index (χ4v) is 3.25. The van der Waals surface area contributed by atoms with Gasteiger partial charge in [-0.2, -0.15) is 0 Å². The molecular weight excluding hydrogens is 322 g/mol. The molecule has 0 aliphatic heterocycles. The molecule has 5 nitrogen and oxygen atoms in total. The number of benzene rings is 1. The summed E-state index contributed by atoms with van der Waals surface area (Å²) in [7, 11) is 0. The fourth-order valence-electron chi connectivity index (χ4n) is 2.33. The summed E-state index contributed by atoms with van der Waals surface area (Å²) in [5.74, 6) is -0.0839. The van der Waals surface area contributed by atoms with Crippen molar-refractivity contribution in [2.75, 3.05) is 19.6 Å². The molecule has 0 aliphatic carbocycles. The molecule has 1 aromatic heterocycles. The molecule has 1 heterocycles. The molecule has 1 aromatic carbocycles. The van der Waals surface area contributed by atoms with Crippen LogP contribution in [0.25, 0.3) is 0 Å². The van der Waals surface area contributed by atoms with Crippen LogP contribution in [0.5, 0.6) is 0 Å². The van der Waals surface area contributed by atoms with E-state index in [1.807, 2.05) is 30.3 Å². The minimum Gasteiger partial charge on any atom is -0.351 e. The van der Waals surface area contributed by atoms with E-state index in [4.69, 9.17) is 5.73 Å². The van der Waals surface area contributed by atoms with Crippen molar-refractivity contribution in [3.63, 3.8) is 0 Å². The molecule has 0 atom stereocenters. The topological polar surface area (TPSA) is 75.4 Å². The summed E-state index contributed by atoms with van der Waals surface area (Å²) < 4.78 is 0. The molecule has 0 saturated heterocycles. The summed E-state index contributed by atoms with van der Waals surface area (Å²) in [5, 5.41) is 2.74. The van der Waals surface area contributed by atoms with Gasteiger partial charge in [-0.15, -0.1) is 11.3 Å². The summed E-state index contributed by atoms with van der Waals surface area (Å²) in [6.45, 7) is 3.54. The van der Waals surface area contributed by atoms with Crippen LogP contribution in [0.3, 0.4) is 0 Å². The molecule has 3 N–H and O–H groups in total. The van der Waals surface area contributed by atoms with E-state index in [9.17, 15) is 9.59 Å². The number of carbonyl (C=O) groups excluding carboxylic acids is 2. The minimum absolute atomic E-state index is 0.00421. The van der Waals surface area contributed by atoms with Crippen molar-refractivity contribution in [3.05, 3.63) is 57.8 Å². The fraction of sp³-hybridized carbons (Fsp3) is 0.333. The van der Waals surface area contributed by atoms with Crippen LogP contribution in [0.15, 0.2) is 42.5 Å². The number of nitrogens with two attached hydrogens (primary N) is 1. The zero-order valence-corrected chi connectivity index (χ0v) is 14.6. The largest absolute Gasteiger partial charge is 0.351 e. The Balaban J connectivity index is 1.98. The highest BCUT2D eigenvalue weighted by Gasteiger charge is 2.17. The third-order valence-electron chi connectivity index (χ3n) is 3.58. The molecule has 0 aliphatic rings. The average Bonchev–Trinajstić information content (AvgIpc) is 3.06. The SMILES string of the molecule is CC(=O)NCc1ccc(C(=O)N(CCN)CCc2ccccc2)s1. The van der Waals surface area contributed by atoms with Crippen molar-refractivity contribution >= 4 is 23.2 Å². The molecule has 0 fully saturated rings. The summed E-state index contributed by atoms with van der Waals surface area (Å²) >= 11 is 1.41. The van der Waals surface area contributed by atoms with E-state index in [1.165, 1.54) is 23.8 Å². The molecule has 2 aromatic rings. The maximum atomic E-state index is 12.7. The molecule has 0 spiro atoms. The Morgan fingerprint density at radius 1 is 1.12 bits per heavy atom. The predicted molar refractivity (Wildman–Crippen MR) is 96.9 cm³/mol. The van der Waals surface area contributed by atoms with Gasteiger partial charge >= 0.3 is 0 Å². The van der Waals surface area contributed by atoms with Crippen LogP contribution < -0.4 is 11.1 Å². The summed E-state index contributed by atoms with van der Waals surface area (Å²) in [6, 6.07) is 13.8. The second kappa shape index (κ2) is 9.20. The van der Waals surface area contributed by atoms with E-state index in [-0.39, 0.29) is 11.8 Å². The lowest BCUT2D eigenvalue weighted by Crippen LogP contribution is -2.36. The lowest BCUT2D eigenvalue weighted by atomic mass is 10.1. The number of carbonyl (C=O) groups is 2. The highest BCUT2D eigenvalue weighted by Crippen LogP contribution is 2.18. The van der Waals surface area contributed by atoms with E-state index in [1.54, 1.807) is 4.90 Å². The van der Waals surface area contributed by atoms with Gasteiger partial charge in [0.1, 0.15) is 0 Å². The van der Waals surface area contributed by atoms with Gasteiger partial charge in [-0.25, -0.2) is 0 Å². The Bertz CT molecular complexity index is 670. The first-order valence-electron chi connectivity index (χ1n) is 7.96. The lowest BCUT2D eigenvalue weighted by Gasteiger charge is -2.21. The number of amides is 2. The molecule has 2 rings (SSSR count). The van der Waals surface area contributed by atoms with E-state index in [0.29, 0.717) is 31.1 Å². The first-order chi connectivity index (χ1) is 11.6. The van der Waals surface area contributed by atoms with Crippen LogP contribution in [0.1, 0.15) is 27.0 Å². The second-order valence-corrected chi connectivity index (χ2v) is 6.66. The summed E-state index contributed by atoms with van der Waals surface area (Å²) in [4.78, 5) is 27.1. The number of nitrogens with one attached hydrogen (secondary N) is 1. The van der Waals surface area contributed by atoms with Gasteiger partial charge in [0.25, 0.3) is 5.91 Å². The van der Waals surface area contributed by atoms with Gasteiger partial charge in [0.05, 0.1) is 11.4 Å². The van der Waals surface area contributed by atoms with Crippen molar-refractivity contribution < 1.29 is 9.59 Å². The first-order valence-corrected chi connectivity index (χ1v) is 8.78. The molecule has 0 unspecified atom stereocenters. The van der Waals surface area contributed by atoms with Crippen molar-refractivity contribution in [3.8, 4) is 0 Å². The van der Waals surface area contributed by atoms with E-state index in [2.05, 4.69) is 17.4 Å². The third-order valence-corrected chi connectivity index (χ3v) is 4.66. The van der Waals surface area contributed by atoms with Crippen LogP contribution >= 0.6 is 11.3 Å². The smallest absolute Gasteiger partial charge is 0.263 e. The first kappa shape index (κ1) is 18.2. The monoisotopic (exact) mass is 345 g/mol. The van der Waals surface area contributed by atoms with Gasteiger partial charge in [0.2, 0.25) is 5.91 Å². The summed E-state index contributed by atoms with van der Waals surface area (Å²) in [6.07, 6.45) is 0.802. The predicted octanol–water partition coefficient (Wildman–Crippen LogP) is 2.03. The van der Waals surface area contributed by atoms with E-state index < -0.39 is 0 Å². The van der Waals surface area contributed by atoms with Crippen LogP contribution in [-0.2, 0) is 17.8 Å². The van der Waals surface area contributed by atoms with Crippen LogP contribution in [0.4, 0.5) is 0 Å². The van der Waals surface area contributed by atoms with Gasteiger partial charge < -0.3 is 16.0 Å². The Labute approximate surface area is 146 Å². The molecule has 0 saturated carbocycles. The van der Waals surface area contributed by atoms with Crippen LogP contribution in [-0.4, -0.2) is 36.3 Å². The van der Waals surface area contributed by atoms with Gasteiger partial charge in [-0.3, -0.25) is 9.59 Å². The number of rotatable bonds is 8. The van der Waals surface area contributed by atoms with E-state index in [0.717, 1.165) is 11.3 Å². The van der Waals surface area contributed by atoms with Gasteiger partial charge in [0, 0.05) is 31.4 Å². The normalized spacial score (nSPS) is 10.4. The zero-order valence-electron chi connectivity index (χ0n) is 13.8. The summed E-state index contributed by atoms with van der Waals surface area (Å²) in [5.41, 5.74) is 6.86. The van der Waals surface area contributed by atoms with Gasteiger partial charge in [-0.1, -0.05) is 30.3 Å². The Morgan fingerprint density at radius 2 is 1.88 bits per heavy atom. The van der Waals surface area contributed by atoms with Crippen LogP contribution in [0.2, 0.25) is 0 Å². The van der Waals surface area contributed by atoms with Crippen molar-refractivity contribution in [1.29, 1.82) is 0 Å². The zero-order chi connectivity index (χ0) is 17.4. The standard InChI is InChI=1S/C18H23N3O2S/c1-14(22)20-13-16-7-8-17(24-16)18(23)21(12-10-19)11-9-15-5-3-2-4-6-15/h2-8H,9-13,19H2,1H3,(H,20,22). The molecular formula is C18H23N3O2S. The van der Waals surface area contributed by atoms with Gasteiger partial charge in [0.15, 0.2) is 0 Å². The Morgan fingerprint density at radius 3 is 2.54 bits per heavy atom. The maximum Gasteiger partial charge on any atom is 0.263 e. The molecule has 0 bridgehead atoms. The van der Waals surface area contributed by atoms with Crippen molar-refractivity contribution in [2.45, 2.75) is 19.9 Å². The number of nitrogens with zero attached hydrogens (tertiary/aromatic N) is 1. The molecule has 128 valence electrons. The highest BCUT2D eigenvalue weighted by molar-refractivity contribution is 7.14. The number of hydrogen-bond acceptors (Lipinski definition) is 4. The molecule has 24 heavy (non-hydrogen) atoms. The van der Waals surface area contributed by atoms with Crippen molar-refractivity contribution in [2.24, 2.45) is 5.73 Å². The molecule has 6 heteroatoms. The number of thiophene rings is 1. The Hall–Kier alpha value is -2.18.